The third-order valence-corrected chi connectivity index (χ3v) is 3.83. The van der Waals surface area contributed by atoms with Crippen molar-refractivity contribution >= 4 is 34.8 Å². The van der Waals surface area contributed by atoms with Crippen molar-refractivity contribution in [3.8, 4) is 0 Å². The predicted molar refractivity (Wildman–Crippen MR) is 78.7 cm³/mol. The second kappa shape index (κ2) is 5.50. The molecule has 2 N–H and O–H groups in total. The molecule has 0 aromatic heterocycles. The third kappa shape index (κ3) is 2.81. The molecule has 0 heterocycles. The molecular weight excluding hydrogens is 289 g/mol. The monoisotopic (exact) mass is 299 g/mol. The van der Waals surface area contributed by atoms with Crippen molar-refractivity contribution in [2.75, 3.05) is 0 Å². The van der Waals surface area contributed by atoms with Gasteiger partial charge in [0.1, 0.15) is 0 Å². The van der Waals surface area contributed by atoms with Crippen LogP contribution >= 0.6 is 34.8 Å². The molecule has 1 nitrogen and oxygen atoms in total. The van der Waals surface area contributed by atoms with Crippen LogP contribution in [0, 0.1) is 6.92 Å². The summed E-state index contributed by atoms with van der Waals surface area (Å²) in [6.07, 6.45) is 0. The highest BCUT2D eigenvalue weighted by Crippen LogP contribution is 2.30. The van der Waals surface area contributed by atoms with Crippen LogP contribution in [0.4, 0.5) is 0 Å². The quantitative estimate of drug-likeness (QED) is 0.829. The Bertz CT molecular complexity index is 581. The number of benzene rings is 2. The summed E-state index contributed by atoms with van der Waals surface area (Å²) >= 11 is 18.2. The van der Waals surface area contributed by atoms with Crippen molar-refractivity contribution in [1.82, 2.24) is 0 Å². The molecule has 1 unspecified atom stereocenters. The lowest BCUT2D eigenvalue weighted by molar-refractivity contribution is 0.871. The molecule has 0 saturated heterocycles. The summed E-state index contributed by atoms with van der Waals surface area (Å²) in [5.74, 6) is 0. The minimum atomic E-state index is -0.339. The molecule has 0 fully saturated rings. The minimum Gasteiger partial charge on any atom is -0.320 e. The number of nitrogens with two attached hydrogens (primary N) is 1. The average Bonchev–Trinajstić information content (AvgIpc) is 2.35. The van der Waals surface area contributed by atoms with Gasteiger partial charge in [0, 0.05) is 15.1 Å². The number of hydrogen-bond donors (Lipinski definition) is 1. The fourth-order valence-corrected chi connectivity index (χ4v) is 2.34. The Hall–Kier alpha value is -0.730. The lowest BCUT2D eigenvalue weighted by Gasteiger charge is -2.15. The molecule has 0 spiro atoms. The van der Waals surface area contributed by atoms with Crippen LogP contribution < -0.4 is 5.73 Å². The van der Waals surface area contributed by atoms with Crippen LogP contribution in [-0.4, -0.2) is 0 Å². The molecule has 0 radical (unpaired) electrons. The van der Waals surface area contributed by atoms with E-state index in [0.29, 0.717) is 15.1 Å². The lowest BCUT2D eigenvalue weighted by atomic mass is 9.98. The Morgan fingerprint density at radius 2 is 1.67 bits per heavy atom. The van der Waals surface area contributed by atoms with Gasteiger partial charge in [0.2, 0.25) is 0 Å². The van der Waals surface area contributed by atoms with Crippen LogP contribution in [0.25, 0.3) is 0 Å². The van der Waals surface area contributed by atoms with Crippen molar-refractivity contribution in [2.45, 2.75) is 13.0 Å². The zero-order valence-corrected chi connectivity index (χ0v) is 12.0. The van der Waals surface area contributed by atoms with E-state index in [2.05, 4.69) is 0 Å². The number of hydrogen-bond acceptors (Lipinski definition) is 1. The highest BCUT2D eigenvalue weighted by Gasteiger charge is 2.14. The largest absolute Gasteiger partial charge is 0.320 e. The molecule has 0 aliphatic heterocycles. The van der Waals surface area contributed by atoms with Crippen molar-refractivity contribution < 1.29 is 0 Å². The molecule has 2 aromatic carbocycles. The molecule has 2 rings (SSSR count). The summed E-state index contributed by atoms with van der Waals surface area (Å²) in [6.45, 7) is 1.95. The fourth-order valence-electron chi connectivity index (χ4n) is 1.74. The van der Waals surface area contributed by atoms with Gasteiger partial charge in [0.25, 0.3) is 0 Å². The van der Waals surface area contributed by atoms with Gasteiger partial charge in [-0.2, -0.15) is 0 Å². The van der Waals surface area contributed by atoms with Gasteiger partial charge in [0.15, 0.2) is 0 Å². The lowest BCUT2D eigenvalue weighted by Crippen LogP contribution is -2.12. The molecule has 0 bridgehead atoms. The van der Waals surface area contributed by atoms with Gasteiger partial charge in [0.05, 0.1) is 6.04 Å². The first-order valence-electron chi connectivity index (χ1n) is 5.45. The maximum absolute atomic E-state index is 6.20. The molecule has 1 atom stereocenters. The van der Waals surface area contributed by atoms with E-state index in [1.165, 1.54) is 0 Å². The van der Waals surface area contributed by atoms with E-state index in [4.69, 9.17) is 40.5 Å². The van der Waals surface area contributed by atoms with E-state index in [-0.39, 0.29) is 6.04 Å². The summed E-state index contributed by atoms with van der Waals surface area (Å²) in [7, 11) is 0. The smallest absolute Gasteiger partial charge is 0.0567 e. The molecule has 4 heteroatoms. The van der Waals surface area contributed by atoms with E-state index in [0.717, 1.165) is 16.7 Å². The fraction of sp³-hybridized carbons (Fsp3) is 0.143. The summed E-state index contributed by atoms with van der Waals surface area (Å²) in [5.41, 5.74) is 8.93. The minimum absolute atomic E-state index is 0.339. The number of aryl methyl sites for hydroxylation is 1. The van der Waals surface area contributed by atoms with E-state index >= 15 is 0 Å². The number of halogens is 3. The van der Waals surface area contributed by atoms with Gasteiger partial charge >= 0.3 is 0 Å². The Kier molecular flexibility index (Phi) is 4.18. The standard InChI is InChI=1S/C14H12Cl3N/c1-8-2-3-9(6-13(8)17)14(18)11-7-10(15)4-5-12(11)16/h2-7,14H,18H2,1H3. The SMILES string of the molecule is Cc1ccc(C(N)c2cc(Cl)ccc2Cl)cc1Cl. The molecule has 2 aromatic rings. The van der Waals surface area contributed by atoms with E-state index < -0.39 is 0 Å². The maximum Gasteiger partial charge on any atom is 0.0567 e. The van der Waals surface area contributed by atoms with Crippen molar-refractivity contribution in [1.29, 1.82) is 0 Å². The van der Waals surface area contributed by atoms with E-state index in [1.54, 1.807) is 18.2 Å². The Labute approximate surface area is 121 Å². The first-order valence-corrected chi connectivity index (χ1v) is 6.59. The van der Waals surface area contributed by atoms with Crippen LogP contribution in [0.1, 0.15) is 22.7 Å². The van der Waals surface area contributed by atoms with E-state index in [1.807, 2.05) is 25.1 Å². The van der Waals surface area contributed by atoms with Crippen LogP contribution in [-0.2, 0) is 0 Å². The highest BCUT2D eigenvalue weighted by molar-refractivity contribution is 6.33. The van der Waals surface area contributed by atoms with Crippen molar-refractivity contribution in [3.63, 3.8) is 0 Å². The second-order valence-corrected chi connectivity index (χ2v) is 5.40. The Morgan fingerprint density at radius 1 is 0.944 bits per heavy atom. The van der Waals surface area contributed by atoms with Crippen LogP contribution in [0.5, 0.6) is 0 Å². The van der Waals surface area contributed by atoms with Crippen molar-refractivity contribution in [3.05, 3.63) is 68.2 Å². The summed E-state index contributed by atoms with van der Waals surface area (Å²) in [4.78, 5) is 0. The average molecular weight is 301 g/mol. The predicted octanol–water partition coefficient (Wildman–Crippen LogP) is 5.00. The van der Waals surface area contributed by atoms with Crippen molar-refractivity contribution in [2.24, 2.45) is 5.73 Å². The molecule has 0 amide bonds. The maximum atomic E-state index is 6.20. The van der Waals surface area contributed by atoms with Gasteiger partial charge in [-0.25, -0.2) is 0 Å². The topological polar surface area (TPSA) is 26.0 Å². The molecule has 0 aliphatic rings. The molecule has 0 saturated carbocycles. The number of rotatable bonds is 2. The van der Waals surface area contributed by atoms with Gasteiger partial charge in [-0.05, 0) is 47.9 Å². The molecule has 0 aliphatic carbocycles. The van der Waals surface area contributed by atoms with Gasteiger partial charge < -0.3 is 5.73 Å². The molecule has 18 heavy (non-hydrogen) atoms. The van der Waals surface area contributed by atoms with Crippen LogP contribution in [0.3, 0.4) is 0 Å². The highest BCUT2D eigenvalue weighted by atomic mass is 35.5. The van der Waals surface area contributed by atoms with Gasteiger partial charge in [-0.3, -0.25) is 0 Å². The van der Waals surface area contributed by atoms with Crippen LogP contribution in [0.15, 0.2) is 36.4 Å². The Balaban J connectivity index is 2.44. The summed E-state index contributed by atoms with van der Waals surface area (Å²) < 4.78 is 0. The van der Waals surface area contributed by atoms with Gasteiger partial charge in [-0.15, -0.1) is 0 Å². The zero-order chi connectivity index (χ0) is 13.3. The Morgan fingerprint density at radius 3 is 2.33 bits per heavy atom. The zero-order valence-electron chi connectivity index (χ0n) is 9.75. The molecule has 94 valence electrons. The van der Waals surface area contributed by atoms with Crippen LogP contribution in [0.2, 0.25) is 15.1 Å². The molecular formula is C14H12Cl3N. The first-order chi connectivity index (χ1) is 8.49. The first kappa shape index (κ1) is 13.7. The summed E-state index contributed by atoms with van der Waals surface area (Å²) in [5, 5.41) is 1.91. The normalized spacial score (nSPS) is 12.5. The van der Waals surface area contributed by atoms with Gasteiger partial charge in [-0.1, -0.05) is 46.9 Å². The third-order valence-electron chi connectivity index (χ3n) is 2.85. The summed E-state index contributed by atoms with van der Waals surface area (Å²) in [6, 6.07) is 10.7. The van der Waals surface area contributed by atoms with E-state index in [9.17, 15) is 0 Å². The second-order valence-electron chi connectivity index (χ2n) is 4.15.